The van der Waals surface area contributed by atoms with Gasteiger partial charge in [0.05, 0.1) is 12.2 Å². The summed E-state index contributed by atoms with van der Waals surface area (Å²) in [4.78, 5) is 2.38. The van der Waals surface area contributed by atoms with Crippen molar-refractivity contribution >= 4 is 0 Å². The molecule has 2 atom stereocenters. The first-order valence-electron chi connectivity index (χ1n) is 5.34. The van der Waals surface area contributed by atoms with Gasteiger partial charge in [0.25, 0.3) is 0 Å². The van der Waals surface area contributed by atoms with E-state index in [0.717, 1.165) is 31.9 Å². The van der Waals surface area contributed by atoms with Crippen molar-refractivity contribution in [2.75, 3.05) is 19.6 Å². The number of hydrogen-bond donors (Lipinski definition) is 1. The number of tetrazole rings is 1. The Morgan fingerprint density at radius 2 is 2.13 bits per heavy atom. The predicted octanol–water partition coefficient (Wildman–Crippen LogP) is -0.149. The quantitative estimate of drug-likeness (QED) is 0.753. The predicted molar refractivity (Wildman–Crippen MR) is 54.3 cm³/mol. The van der Waals surface area contributed by atoms with Crippen LogP contribution in [0.5, 0.6) is 0 Å². The summed E-state index contributed by atoms with van der Waals surface area (Å²) in [7, 11) is 0. The zero-order valence-electron chi connectivity index (χ0n) is 9.18. The second kappa shape index (κ2) is 4.67. The molecule has 1 fully saturated rings. The molecule has 1 aliphatic rings. The summed E-state index contributed by atoms with van der Waals surface area (Å²) in [5.41, 5.74) is 0. The van der Waals surface area contributed by atoms with Gasteiger partial charge in [-0.3, -0.25) is 4.90 Å². The maximum atomic E-state index is 5.66. The minimum atomic E-state index is 0.319. The highest BCUT2D eigenvalue weighted by Crippen LogP contribution is 2.10. The number of aromatic nitrogens is 4. The van der Waals surface area contributed by atoms with Crippen molar-refractivity contribution in [3.63, 3.8) is 0 Å². The molecule has 1 aromatic heterocycles. The van der Waals surface area contributed by atoms with Gasteiger partial charge < -0.3 is 4.74 Å². The second-order valence-corrected chi connectivity index (χ2v) is 4.09. The van der Waals surface area contributed by atoms with Gasteiger partial charge in [0.1, 0.15) is 0 Å². The van der Waals surface area contributed by atoms with Crippen molar-refractivity contribution in [3.05, 3.63) is 5.82 Å². The van der Waals surface area contributed by atoms with Crippen LogP contribution in [0.2, 0.25) is 0 Å². The molecule has 6 heteroatoms. The molecule has 1 N–H and O–H groups in total. The summed E-state index contributed by atoms with van der Waals surface area (Å²) in [6, 6.07) is 0. The van der Waals surface area contributed by atoms with Gasteiger partial charge in [0.15, 0.2) is 5.82 Å². The fourth-order valence-corrected chi connectivity index (χ4v) is 2.01. The minimum absolute atomic E-state index is 0.319. The fourth-order valence-electron chi connectivity index (χ4n) is 2.01. The van der Waals surface area contributed by atoms with E-state index < -0.39 is 0 Å². The molecule has 0 aromatic carbocycles. The monoisotopic (exact) mass is 211 g/mol. The number of nitrogens with one attached hydrogen (secondary N) is 1. The SMILES string of the molecule is CC1CN(CCc2nn[nH]n2)CC(C)O1. The normalized spacial score (nSPS) is 28.1. The van der Waals surface area contributed by atoms with E-state index in [1.165, 1.54) is 0 Å². The van der Waals surface area contributed by atoms with E-state index in [-0.39, 0.29) is 0 Å². The molecule has 0 radical (unpaired) electrons. The summed E-state index contributed by atoms with van der Waals surface area (Å²) in [5, 5.41) is 13.9. The van der Waals surface area contributed by atoms with Crippen molar-refractivity contribution in [1.29, 1.82) is 0 Å². The van der Waals surface area contributed by atoms with Crippen molar-refractivity contribution in [2.45, 2.75) is 32.5 Å². The average molecular weight is 211 g/mol. The Labute approximate surface area is 89.0 Å². The first kappa shape index (κ1) is 10.5. The van der Waals surface area contributed by atoms with Gasteiger partial charge in [-0.15, -0.1) is 10.2 Å². The van der Waals surface area contributed by atoms with E-state index in [0.29, 0.717) is 12.2 Å². The molecule has 1 aromatic rings. The number of nitrogens with zero attached hydrogens (tertiary/aromatic N) is 4. The van der Waals surface area contributed by atoms with Gasteiger partial charge >= 0.3 is 0 Å². The average Bonchev–Trinajstić information content (AvgIpc) is 2.65. The zero-order valence-corrected chi connectivity index (χ0v) is 9.18. The number of aromatic amines is 1. The lowest BCUT2D eigenvalue weighted by atomic mass is 10.2. The van der Waals surface area contributed by atoms with Crippen LogP contribution >= 0.6 is 0 Å². The fraction of sp³-hybridized carbons (Fsp3) is 0.889. The van der Waals surface area contributed by atoms with E-state index in [1.807, 2.05) is 0 Å². The van der Waals surface area contributed by atoms with Crippen LogP contribution in [-0.4, -0.2) is 57.4 Å². The molecule has 1 aliphatic heterocycles. The van der Waals surface area contributed by atoms with Crippen LogP contribution in [0, 0.1) is 0 Å². The van der Waals surface area contributed by atoms with Crippen LogP contribution in [0.4, 0.5) is 0 Å². The Hall–Kier alpha value is -1.01. The first-order valence-corrected chi connectivity index (χ1v) is 5.34. The summed E-state index contributed by atoms with van der Waals surface area (Å²) < 4.78 is 5.66. The molecule has 84 valence electrons. The van der Waals surface area contributed by atoms with Crippen molar-refractivity contribution in [3.8, 4) is 0 Å². The molecule has 2 unspecified atom stereocenters. The standard InChI is InChI=1S/C9H17N5O/c1-7-5-14(6-8(2)15-7)4-3-9-10-12-13-11-9/h7-8H,3-6H2,1-2H3,(H,10,11,12,13). The van der Waals surface area contributed by atoms with E-state index >= 15 is 0 Å². The van der Waals surface area contributed by atoms with Crippen LogP contribution in [0.1, 0.15) is 19.7 Å². The maximum absolute atomic E-state index is 5.66. The molecule has 1 saturated heterocycles. The largest absolute Gasteiger partial charge is 0.373 e. The van der Waals surface area contributed by atoms with Crippen LogP contribution < -0.4 is 0 Å². The summed E-state index contributed by atoms with van der Waals surface area (Å²) in [6.07, 6.45) is 1.48. The number of ether oxygens (including phenoxy) is 1. The number of rotatable bonds is 3. The molecular weight excluding hydrogens is 194 g/mol. The highest BCUT2D eigenvalue weighted by molar-refractivity contribution is 4.80. The van der Waals surface area contributed by atoms with Gasteiger partial charge in [-0.25, -0.2) is 0 Å². The van der Waals surface area contributed by atoms with Gasteiger partial charge in [0.2, 0.25) is 0 Å². The molecule has 15 heavy (non-hydrogen) atoms. The first-order chi connectivity index (χ1) is 7.24. The van der Waals surface area contributed by atoms with E-state index in [1.54, 1.807) is 0 Å². The van der Waals surface area contributed by atoms with Gasteiger partial charge in [-0.1, -0.05) is 5.21 Å². The third kappa shape index (κ3) is 2.97. The van der Waals surface area contributed by atoms with Crippen molar-refractivity contribution < 1.29 is 4.74 Å². The molecule has 2 rings (SSSR count). The maximum Gasteiger partial charge on any atom is 0.175 e. The van der Waals surface area contributed by atoms with Crippen molar-refractivity contribution in [1.82, 2.24) is 25.5 Å². The van der Waals surface area contributed by atoms with Crippen LogP contribution in [0.15, 0.2) is 0 Å². The van der Waals surface area contributed by atoms with E-state index in [2.05, 4.69) is 39.4 Å². The Bertz CT molecular complexity index is 279. The molecule has 0 spiro atoms. The van der Waals surface area contributed by atoms with E-state index in [9.17, 15) is 0 Å². The lowest BCUT2D eigenvalue weighted by molar-refractivity contribution is -0.0676. The third-order valence-corrected chi connectivity index (χ3v) is 2.54. The van der Waals surface area contributed by atoms with Crippen LogP contribution in [-0.2, 0) is 11.2 Å². The van der Waals surface area contributed by atoms with Crippen LogP contribution in [0.3, 0.4) is 0 Å². The molecule has 2 heterocycles. The molecule has 0 amide bonds. The second-order valence-electron chi connectivity index (χ2n) is 4.09. The van der Waals surface area contributed by atoms with Gasteiger partial charge in [0, 0.05) is 26.1 Å². The number of morpholine rings is 1. The minimum Gasteiger partial charge on any atom is -0.373 e. The highest BCUT2D eigenvalue weighted by Gasteiger charge is 2.21. The van der Waals surface area contributed by atoms with Gasteiger partial charge in [-0.2, -0.15) is 5.21 Å². The molecule has 0 saturated carbocycles. The van der Waals surface area contributed by atoms with Crippen molar-refractivity contribution in [2.24, 2.45) is 0 Å². The molecule has 0 bridgehead atoms. The van der Waals surface area contributed by atoms with Crippen LogP contribution in [0.25, 0.3) is 0 Å². The smallest absolute Gasteiger partial charge is 0.175 e. The topological polar surface area (TPSA) is 66.9 Å². The lowest BCUT2D eigenvalue weighted by Crippen LogP contribution is -2.46. The molecule has 6 nitrogen and oxygen atoms in total. The molecular formula is C9H17N5O. The Kier molecular flexibility index (Phi) is 3.27. The summed E-state index contributed by atoms with van der Waals surface area (Å²) >= 11 is 0. The molecule has 0 aliphatic carbocycles. The Morgan fingerprint density at radius 1 is 1.40 bits per heavy atom. The Balaban J connectivity index is 1.79. The van der Waals surface area contributed by atoms with Gasteiger partial charge in [-0.05, 0) is 13.8 Å². The number of hydrogen-bond acceptors (Lipinski definition) is 5. The van der Waals surface area contributed by atoms with E-state index in [4.69, 9.17) is 4.74 Å². The number of H-pyrrole nitrogens is 1. The summed E-state index contributed by atoms with van der Waals surface area (Å²) in [5.74, 6) is 0.779. The summed E-state index contributed by atoms with van der Waals surface area (Å²) in [6.45, 7) is 7.16. The zero-order chi connectivity index (χ0) is 10.7. The third-order valence-electron chi connectivity index (χ3n) is 2.54. The lowest BCUT2D eigenvalue weighted by Gasteiger charge is -2.35. The highest BCUT2D eigenvalue weighted by atomic mass is 16.5. The Morgan fingerprint density at radius 3 is 2.73 bits per heavy atom.